The monoisotopic (exact) mass is 451 g/mol. The number of ether oxygens (including phenoxy) is 1. The van der Waals surface area contributed by atoms with Gasteiger partial charge in [-0.05, 0) is 61.0 Å². The summed E-state index contributed by atoms with van der Waals surface area (Å²) in [6, 6.07) is 17.0. The van der Waals surface area contributed by atoms with E-state index in [1.807, 2.05) is 66.2 Å². The highest BCUT2D eigenvalue weighted by Gasteiger charge is 2.27. The molecule has 1 aromatic heterocycles. The Bertz CT molecular complexity index is 1050. The van der Waals surface area contributed by atoms with Crippen LogP contribution in [0.4, 0.5) is 5.69 Å². The zero-order valence-electron chi connectivity index (χ0n) is 17.8. The van der Waals surface area contributed by atoms with E-state index < -0.39 is 0 Å². The molecule has 166 valence electrons. The van der Waals surface area contributed by atoms with Crippen molar-refractivity contribution in [1.29, 1.82) is 0 Å². The Morgan fingerprint density at radius 1 is 1.09 bits per heavy atom. The Hall–Kier alpha value is -3.33. The number of nitrogens with one attached hydrogen (secondary N) is 1. The van der Waals surface area contributed by atoms with E-state index in [2.05, 4.69) is 15.5 Å². The fourth-order valence-corrected chi connectivity index (χ4v) is 4.23. The Morgan fingerprint density at radius 3 is 2.47 bits per heavy atom. The first-order chi connectivity index (χ1) is 15.6. The van der Waals surface area contributed by atoms with Crippen LogP contribution in [0.1, 0.15) is 12.8 Å². The second kappa shape index (κ2) is 10.3. The number of likely N-dealkylation sites (tertiary alicyclic amines) is 1. The molecule has 0 aliphatic carbocycles. The van der Waals surface area contributed by atoms with Crippen LogP contribution in [-0.2, 0) is 16.6 Å². The van der Waals surface area contributed by atoms with E-state index in [0.29, 0.717) is 31.7 Å². The van der Waals surface area contributed by atoms with Crippen LogP contribution in [0, 0.1) is 5.92 Å². The topological polar surface area (TPSA) is 89.4 Å². The molecule has 0 radical (unpaired) electrons. The van der Waals surface area contributed by atoms with E-state index in [9.17, 15) is 9.59 Å². The summed E-state index contributed by atoms with van der Waals surface area (Å²) in [5.41, 5.74) is 0.757. The third-order valence-electron chi connectivity index (χ3n) is 5.32. The van der Waals surface area contributed by atoms with Gasteiger partial charge in [-0.25, -0.2) is 0 Å². The van der Waals surface area contributed by atoms with Gasteiger partial charge >= 0.3 is 0 Å². The van der Waals surface area contributed by atoms with E-state index >= 15 is 0 Å². The molecule has 2 heterocycles. The number of hydrogen-bond donors (Lipinski definition) is 1. The van der Waals surface area contributed by atoms with E-state index in [1.165, 1.54) is 11.8 Å². The lowest BCUT2D eigenvalue weighted by Gasteiger charge is -2.31. The van der Waals surface area contributed by atoms with Crippen molar-refractivity contribution >= 4 is 29.3 Å². The predicted octanol–water partition coefficient (Wildman–Crippen LogP) is 3.22. The molecule has 8 nitrogen and oxygen atoms in total. The third-order valence-corrected chi connectivity index (χ3v) is 6.38. The summed E-state index contributed by atoms with van der Waals surface area (Å²) >= 11 is 1.51. The van der Waals surface area contributed by atoms with Crippen LogP contribution in [0.5, 0.6) is 5.75 Å². The summed E-state index contributed by atoms with van der Waals surface area (Å²) in [6.45, 7) is 1.13. The summed E-state index contributed by atoms with van der Waals surface area (Å²) in [6.07, 6.45) is 2.94. The largest absolute Gasteiger partial charge is 0.484 e. The average Bonchev–Trinajstić information content (AvgIpc) is 3.23. The van der Waals surface area contributed by atoms with Gasteiger partial charge in [-0.3, -0.25) is 9.59 Å². The number of nitrogens with zero attached hydrogens (tertiary/aromatic N) is 4. The molecule has 1 fully saturated rings. The minimum atomic E-state index is -0.109. The molecule has 0 bridgehead atoms. The molecule has 1 saturated heterocycles. The fraction of sp³-hybridized carbons (Fsp3) is 0.304. The number of para-hydroxylation sites is 1. The number of hydrogen-bond acceptors (Lipinski definition) is 6. The van der Waals surface area contributed by atoms with Crippen molar-refractivity contribution in [2.75, 3.05) is 25.0 Å². The van der Waals surface area contributed by atoms with Crippen molar-refractivity contribution in [2.45, 2.75) is 22.9 Å². The van der Waals surface area contributed by atoms with Gasteiger partial charge in [0.25, 0.3) is 5.91 Å². The summed E-state index contributed by atoms with van der Waals surface area (Å²) in [5.74, 6) is 0.507. The number of piperidine rings is 1. The van der Waals surface area contributed by atoms with Gasteiger partial charge in [0.2, 0.25) is 5.91 Å². The van der Waals surface area contributed by atoms with Crippen LogP contribution in [0.2, 0.25) is 0 Å². The molecule has 0 unspecified atom stereocenters. The van der Waals surface area contributed by atoms with E-state index in [4.69, 9.17) is 4.74 Å². The zero-order valence-corrected chi connectivity index (χ0v) is 18.6. The van der Waals surface area contributed by atoms with Gasteiger partial charge in [-0.15, -0.1) is 10.2 Å². The number of aromatic nitrogens is 3. The van der Waals surface area contributed by atoms with Crippen molar-refractivity contribution in [3.63, 3.8) is 0 Å². The quantitative estimate of drug-likeness (QED) is 0.593. The van der Waals surface area contributed by atoms with Crippen LogP contribution in [0.25, 0.3) is 0 Å². The van der Waals surface area contributed by atoms with Gasteiger partial charge in [0.1, 0.15) is 12.1 Å². The van der Waals surface area contributed by atoms with Crippen molar-refractivity contribution in [3.8, 4) is 5.75 Å². The SMILES string of the molecule is Cn1cnnc1Sc1ccc(NC(=O)C2CCN(C(=O)COc3ccccc3)CC2)cc1. The van der Waals surface area contributed by atoms with Gasteiger partial charge in [0.15, 0.2) is 11.8 Å². The van der Waals surface area contributed by atoms with Crippen LogP contribution in [0.15, 0.2) is 71.0 Å². The third kappa shape index (κ3) is 5.67. The smallest absolute Gasteiger partial charge is 0.260 e. The maximum absolute atomic E-state index is 12.7. The molecular formula is C23H25N5O3S. The normalized spacial score (nSPS) is 14.2. The lowest BCUT2D eigenvalue weighted by Crippen LogP contribution is -2.43. The van der Waals surface area contributed by atoms with Crippen LogP contribution in [-0.4, -0.2) is 51.2 Å². The second-order valence-electron chi connectivity index (χ2n) is 7.60. The van der Waals surface area contributed by atoms with E-state index in [0.717, 1.165) is 15.7 Å². The molecule has 1 aliphatic rings. The molecule has 1 aliphatic heterocycles. The molecule has 9 heteroatoms. The lowest BCUT2D eigenvalue weighted by molar-refractivity contribution is -0.136. The molecular weight excluding hydrogens is 426 g/mol. The number of amides is 2. The number of carbonyl (C=O) groups excluding carboxylic acids is 2. The van der Waals surface area contributed by atoms with Gasteiger partial charge in [0.05, 0.1) is 0 Å². The highest BCUT2D eigenvalue weighted by Crippen LogP contribution is 2.27. The number of rotatable bonds is 7. The lowest BCUT2D eigenvalue weighted by atomic mass is 9.95. The Balaban J connectivity index is 1.22. The van der Waals surface area contributed by atoms with Crippen molar-refractivity contribution in [3.05, 3.63) is 60.9 Å². The Labute approximate surface area is 191 Å². The van der Waals surface area contributed by atoms with Gasteiger partial charge in [0, 0.05) is 36.6 Å². The van der Waals surface area contributed by atoms with Gasteiger partial charge < -0.3 is 19.5 Å². The average molecular weight is 452 g/mol. The molecule has 3 aromatic rings. The standard InChI is InChI=1S/C23H25N5O3S/c1-27-16-24-26-23(27)32-20-9-7-18(8-10-20)25-22(30)17-11-13-28(14-12-17)21(29)15-31-19-5-3-2-4-6-19/h2-10,16-17H,11-15H2,1H3,(H,25,30). The summed E-state index contributed by atoms with van der Waals surface area (Å²) in [4.78, 5) is 27.9. The van der Waals surface area contributed by atoms with Crippen LogP contribution in [0.3, 0.4) is 0 Å². The molecule has 0 saturated carbocycles. The minimum Gasteiger partial charge on any atom is -0.484 e. The van der Waals surface area contributed by atoms with Crippen molar-refractivity contribution < 1.29 is 14.3 Å². The predicted molar refractivity (Wildman–Crippen MR) is 121 cm³/mol. The second-order valence-corrected chi connectivity index (χ2v) is 8.64. The molecule has 2 aromatic carbocycles. The first kappa shape index (κ1) is 21.9. The zero-order chi connectivity index (χ0) is 22.3. The number of aryl methyl sites for hydroxylation is 1. The van der Waals surface area contributed by atoms with Crippen molar-refractivity contribution in [1.82, 2.24) is 19.7 Å². The Kier molecular flexibility index (Phi) is 7.06. The highest BCUT2D eigenvalue weighted by molar-refractivity contribution is 7.99. The molecule has 0 atom stereocenters. The first-order valence-electron chi connectivity index (χ1n) is 10.5. The Morgan fingerprint density at radius 2 is 1.81 bits per heavy atom. The summed E-state index contributed by atoms with van der Waals surface area (Å²) in [5, 5.41) is 11.7. The number of carbonyl (C=O) groups is 2. The highest BCUT2D eigenvalue weighted by atomic mass is 32.2. The molecule has 0 spiro atoms. The van der Waals surface area contributed by atoms with Crippen LogP contribution < -0.4 is 10.1 Å². The van der Waals surface area contributed by atoms with Crippen molar-refractivity contribution in [2.24, 2.45) is 13.0 Å². The van der Waals surface area contributed by atoms with Crippen LogP contribution >= 0.6 is 11.8 Å². The number of anilines is 1. The molecule has 4 rings (SSSR count). The summed E-state index contributed by atoms with van der Waals surface area (Å²) in [7, 11) is 1.89. The van der Waals surface area contributed by atoms with Gasteiger partial charge in [-0.2, -0.15) is 0 Å². The molecule has 2 amide bonds. The summed E-state index contributed by atoms with van der Waals surface area (Å²) < 4.78 is 7.39. The maximum atomic E-state index is 12.7. The van der Waals surface area contributed by atoms with Gasteiger partial charge in [-0.1, -0.05) is 18.2 Å². The molecule has 1 N–H and O–H groups in total. The van der Waals surface area contributed by atoms with E-state index in [-0.39, 0.29) is 24.3 Å². The van der Waals surface area contributed by atoms with E-state index in [1.54, 1.807) is 11.2 Å². The fourth-order valence-electron chi connectivity index (χ4n) is 3.47. The molecule has 32 heavy (non-hydrogen) atoms. The first-order valence-corrected chi connectivity index (χ1v) is 11.3. The number of benzene rings is 2. The maximum Gasteiger partial charge on any atom is 0.260 e. The minimum absolute atomic E-state index is 0.00802.